The van der Waals surface area contributed by atoms with Gasteiger partial charge in [-0.25, -0.2) is 4.68 Å². The van der Waals surface area contributed by atoms with Gasteiger partial charge in [0.1, 0.15) is 0 Å². The Morgan fingerprint density at radius 2 is 1.80 bits per heavy atom. The summed E-state index contributed by atoms with van der Waals surface area (Å²) < 4.78 is 1.92. The zero-order valence-electron chi connectivity index (χ0n) is 21.6. The molecule has 0 aliphatic rings. The van der Waals surface area contributed by atoms with E-state index in [-0.39, 0.29) is 23.1 Å². The summed E-state index contributed by atoms with van der Waals surface area (Å²) in [6, 6.07) is 18.5. The summed E-state index contributed by atoms with van der Waals surface area (Å²) in [6.45, 7) is 14.0. The number of benzene rings is 2. The Morgan fingerprint density at radius 3 is 2.49 bits per heavy atom. The normalized spacial score (nSPS) is 13.1. The topological polar surface area (TPSA) is 79.7 Å². The summed E-state index contributed by atoms with van der Waals surface area (Å²) >= 11 is 0. The minimum Gasteiger partial charge on any atom is -0.321 e. The number of hydrogen-bond acceptors (Lipinski definition) is 5. The first kappa shape index (κ1) is 24.8. The molecular weight excluding hydrogens is 436 g/mol. The first-order chi connectivity index (χ1) is 16.6. The Bertz CT molecular complexity index is 1330. The van der Waals surface area contributed by atoms with Crippen molar-refractivity contribution in [1.82, 2.24) is 30.1 Å². The highest BCUT2D eigenvalue weighted by Gasteiger charge is 2.32. The lowest BCUT2D eigenvalue weighted by atomic mass is 9.98. The van der Waals surface area contributed by atoms with Gasteiger partial charge in [-0.3, -0.25) is 9.69 Å². The lowest BCUT2D eigenvalue weighted by molar-refractivity contribution is 0.129. The van der Waals surface area contributed by atoms with Crippen LogP contribution in [0.25, 0.3) is 10.9 Å². The molecule has 7 nitrogen and oxygen atoms in total. The Kier molecular flexibility index (Phi) is 7.17. The number of nitrogens with zero attached hydrogens (tertiary/aromatic N) is 5. The molecule has 0 unspecified atom stereocenters. The Labute approximate surface area is 207 Å². The molecule has 4 rings (SSSR count). The van der Waals surface area contributed by atoms with Gasteiger partial charge in [-0.05, 0) is 73.0 Å². The molecule has 4 aromatic rings. The molecular formula is C28H36N6O. The van der Waals surface area contributed by atoms with E-state index in [9.17, 15) is 4.79 Å². The highest BCUT2D eigenvalue weighted by molar-refractivity contribution is 5.81. The van der Waals surface area contributed by atoms with Gasteiger partial charge in [0.25, 0.3) is 5.56 Å². The molecule has 35 heavy (non-hydrogen) atoms. The Balaban J connectivity index is 1.76. The van der Waals surface area contributed by atoms with Crippen LogP contribution in [-0.4, -0.2) is 36.6 Å². The van der Waals surface area contributed by atoms with E-state index in [2.05, 4.69) is 90.4 Å². The van der Waals surface area contributed by atoms with Gasteiger partial charge in [0.2, 0.25) is 0 Å². The number of aromatic amines is 1. The molecule has 0 aliphatic carbocycles. The van der Waals surface area contributed by atoms with Gasteiger partial charge in [0, 0.05) is 18.7 Å². The molecule has 0 amide bonds. The first-order valence-corrected chi connectivity index (χ1v) is 12.3. The predicted octanol–water partition coefficient (Wildman–Crippen LogP) is 5.02. The van der Waals surface area contributed by atoms with E-state index in [1.807, 2.05) is 35.9 Å². The summed E-state index contributed by atoms with van der Waals surface area (Å²) in [5, 5.41) is 13.9. The molecule has 0 saturated heterocycles. The van der Waals surface area contributed by atoms with Crippen molar-refractivity contribution in [3.05, 3.63) is 87.5 Å². The van der Waals surface area contributed by atoms with Crippen molar-refractivity contribution in [2.45, 2.75) is 66.1 Å². The molecule has 7 heteroatoms. The molecule has 0 bridgehead atoms. The van der Waals surface area contributed by atoms with Gasteiger partial charge in [-0.15, -0.1) is 5.10 Å². The quantitative estimate of drug-likeness (QED) is 0.389. The zero-order chi connectivity index (χ0) is 25.2. The van der Waals surface area contributed by atoms with Crippen LogP contribution in [0.1, 0.15) is 63.2 Å². The van der Waals surface area contributed by atoms with Crippen molar-refractivity contribution in [3.8, 4) is 0 Å². The number of para-hydroxylation sites is 1. The lowest BCUT2D eigenvalue weighted by Crippen LogP contribution is -2.39. The number of hydrogen-bond donors (Lipinski definition) is 1. The van der Waals surface area contributed by atoms with Gasteiger partial charge < -0.3 is 4.98 Å². The molecule has 0 saturated carbocycles. The number of H-pyrrole nitrogens is 1. The average Bonchev–Trinajstić information content (AvgIpc) is 3.29. The number of aromatic nitrogens is 5. The highest BCUT2D eigenvalue weighted by atomic mass is 16.1. The number of aryl methyl sites for hydroxylation is 1. The van der Waals surface area contributed by atoms with Crippen LogP contribution in [0.3, 0.4) is 0 Å². The maximum absolute atomic E-state index is 13.2. The monoisotopic (exact) mass is 472 g/mol. The minimum absolute atomic E-state index is 0.0468. The second kappa shape index (κ2) is 10.1. The molecule has 0 fully saturated rings. The zero-order valence-corrected chi connectivity index (χ0v) is 21.6. The van der Waals surface area contributed by atoms with E-state index >= 15 is 0 Å². The Hall–Kier alpha value is -3.32. The maximum Gasteiger partial charge on any atom is 0.252 e. The molecule has 0 aliphatic heterocycles. The average molecular weight is 473 g/mol. The second-order valence-corrected chi connectivity index (χ2v) is 10.7. The van der Waals surface area contributed by atoms with Gasteiger partial charge in [0.15, 0.2) is 5.82 Å². The molecule has 0 spiro atoms. The van der Waals surface area contributed by atoms with Crippen molar-refractivity contribution in [2.75, 3.05) is 6.54 Å². The van der Waals surface area contributed by atoms with Gasteiger partial charge in [-0.2, -0.15) is 0 Å². The molecule has 2 heterocycles. The van der Waals surface area contributed by atoms with Crippen LogP contribution in [0, 0.1) is 12.8 Å². The van der Waals surface area contributed by atoms with E-state index < -0.39 is 0 Å². The third-order valence-corrected chi connectivity index (χ3v) is 6.49. The van der Waals surface area contributed by atoms with Crippen LogP contribution in [0.2, 0.25) is 0 Å². The third kappa shape index (κ3) is 5.51. The fraction of sp³-hybridized carbons (Fsp3) is 0.429. The molecule has 2 aromatic heterocycles. The van der Waals surface area contributed by atoms with Gasteiger partial charge in [0.05, 0.1) is 17.1 Å². The number of pyridine rings is 1. The van der Waals surface area contributed by atoms with Crippen LogP contribution in [-0.2, 0) is 18.5 Å². The molecule has 0 radical (unpaired) electrons. The van der Waals surface area contributed by atoms with Crippen molar-refractivity contribution >= 4 is 10.9 Å². The van der Waals surface area contributed by atoms with Gasteiger partial charge in [-0.1, -0.05) is 62.4 Å². The Morgan fingerprint density at radius 1 is 1.06 bits per heavy atom. The smallest absolute Gasteiger partial charge is 0.252 e. The van der Waals surface area contributed by atoms with Crippen LogP contribution in [0.5, 0.6) is 0 Å². The second-order valence-electron chi connectivity index (χ2n) is 10.7. The van der Waals surface area contributed by atoms with Crippen molar-refractivity contribution in [3.63, 3.8) is 0 Å². The fourth-order valence-corrected chi connectivity index (χ4v) is 4.74. The predicted molar refractivity (Wildman–Crippen MR) is 140 cm³/mol. The van der Waals surface area contributed by atoms with Crippen LogP contribution >= 0.6 is 0 Å². The van der Waals surface area contributed by atoms with Crippen LogP contribution in [0.15, 0.2) is 59.4 Å². The summed E-state index contributed by atoms with van der Waals surface area (Å²) in [5.41, 5.74) is 3.67. The standard InChI is InChI=1S/C28H36N6O/c1-19(2)25(26-30-31-32-34(26)28(4,5)6)33(16-15-21-12-8-7-9-13-21)18-23-17-22-14-10-11-20(3)24(22)29-27(23)35/h7-14,17,19,25H,15-16,18H2,1-6H3,(H,29,35)/t25-/m0/s1. The summed E-state index contributed by atoms with van der Waals surface area (Å²) in [7, 11) is 0. The molecule has 184 valence electrons. The molecule has 1 N–H and O–H groups in total. The summed E-state index contributed by atoms with van der Waals surface area (Å²) in [4.78, 5) is 18.6. The summed E-state index contributed by atoms with van der Waals surface area (Å²) in [5.74, 6) is 1.06. The van der Waals surface area contributed by atoms with Crippen LogP contribution in [0.4, 0.5) is 0 Å². The lowest BCUT2D eigenvalue weighted by Gasteiger charge is -2.35. The maximum atomic E-state index is 13.2. The minimum atomic E-state index is -0.255. The first-order valence-electron chi connectivity index (χ1n) is 12.3. The number of tetrazole rings is 1. The van der Waals surface area contributed by atoms with E-state index in [0.29, 0.717) is 6.54 Å². The molecule has 2 aromatic carbocycles. The molecule has 1 atom stereocenters. The fourth-order valence-electron chi connectivity index (χ4n) is 4.74. The number of nitrogens with one attached hydrogen (secondary N) is 1. The van der Waals surface area contributed by atoms with Crippen molar-refractivity contribution in [2.24, 2.45) is 5.92 Å². The number of fused-ring (bicyclic) bond motifs is 1. The third-order valence-electron chi connectivity index (χ3n) is 6.49. The van der Waals surface area contributed by atoms with Crippen molar-refractivity contribution in [1.29, 1.82) is 0 Å². The van der Waals surface area contributed by atoms with E-state index in [1.54, 1.807) is 0 Å². The van der Waals surface area contributed by atoms with Crippen molar-refractivity contribution < 1.29 is 0 Å². The number of rotatable bonds is 8. The van der Waals surface area contributed by atoms with E-state index in [0.717, 1.165) is 40.8 Å². The van der Waals surface area contributed by atoms with E-state index in [4.69, 9.17) is 0 Å². The summed E-state index contributed by atoms with van der Waals surface area (Å²) in [6.07, 6.45) is 0.867. The van der Waals surface area contributed by atoms with Crippen LogP contribution < -0.4 is 5.56 Å². The SMILES string of the molecule is Cc1cccc2cc(CN(CCc3ccccc3)[C@H](c3nnnn3C(C)(C)C)C(C)C)c(=O)[nH]c12. The highest BCUT2D eigenvalue weighted by Crippen LogP contribution is 2.31. The van der Waals surface area contributed by atoms with Gasteiger partial charge >= 0.3 is 0 Å². The largest absolute Gasteiger partial charge is 0.321 e. The van der Waals surface area contributed by atoms with E-state index in [1.165, 1.54) is 5.56 Å².